The normalized spacial score (nSPS) is 17.1. The van der Waals surface area contributed by atoms with Crippen molar-refractivity contribution >= 4 is 17.2 Å². The Hall–Kier alpha value is -2.81. The van der Waals surface area contributed by atoms with E-state index < -0.39 is 0 Å². The van der Waals surface area contributed by atoms with Gasteiger partial charge in [0.05, 0.1) is 12.2 Å². The fourth-order valence-electron chi connectivity index (χ4n) is 3.34. The number of amides is 1. The van der Waals surface area contributed by atoms with Crippen LogP contribution < -0.4 is 5.56 Å². The molecule has 9 heteroatoms. The van der Waals surface area contributed by atoms with Crippen molar-refractivity contribution in [1.29, 1.82) is 0 Å². The first-order valence-corrected chi connectivity index (χ1v) is 10.1. The largest absolute Gasteiger partial charge is 0.420 e. The molecule has 0 saturated carbocycles. The fourth-order valence-corrected chi connectivity index (χ4v) is 3.97. The Balaban J connectivity index is 1.46. The lowest BCUT2D eigenvalue weighted by atomic mass is 9.98. The molecule has 0 N–H and O–H groups in total. The molecule has 0 aliphatic carbocycles. The molecule has 1 aliphatic heterocycles. The van der Waals surface area contributed by atoms with Gasteiger partial charge in [-0.2, -0.15) is 11.3 Å². The van der Waals surface area contributed by atoms with Crippen LogP contribution in [-0.4, -0.2) is 43.6 Å². The van der Waals surface area contributed by atoms with E-state index in [9.17, 15) is 9.59 Å². The summed E-state index contributed by atoms with van der Waals surface area (Å²) in [5.41, 5.74) is 1.99. The van der Waals surface area contributed by atoms with Gasteiger partial charge < -0.3 is 9.32 Å². The van der Waals surface area contributed by atoms with E-state index in [1.165, 1.54) is 10.9 Å². The van der Waals surface area contributed by atoms with Crippen LogP contribution in [0, 0.1) is 13.8 Å². The first-order valence-electron chi connectivity index (χ1n) is 9.19. The molecule has 1 amide bonds. The van der Waals surface area contributed by atoms with E-state index in [0.717, 1.165) is 18.4 Å². The van der Waals surface area contributed by atoms with Crippen molar-refractivity contribution < 1.29 is 9.21 Å². The maximum atomic E-state index is 12.8. The molecule has 28 heavy (non-hydrogen) atoms. The SMILES string of the molecule is Cc1ncn(CC(=O)N2CCCC(c3nnc(-c4ccsc4)o3)C2)c(=O)c1C. The molecular weight excluding hydrogens is 378 g/mol. The Morgan fingerprint density at radius 3 is 3.00 bits per heavy atom. The molecule has 0 bridgehead atoms. The lowest BCUT2D eigenvalue weighted by molar-refractivity contribution is -0.133. The van der Waals surface area contributed by atoms with E-state index in [0.29, 0.717) is 36.1 Å². The number of rotatable bonds is 4. The van der Waals surface area contributed by atoms with Gasteiger partial charge in [0.15, 0.2) is 0 Å². The summed E-state index contributed by atoms with van der Waals surface area (Å²) >= 11 is 1.57. The summed E-state index contributed by atoms with van der Waals surface area (Å²) in [6.07, 6.45) is 3.18. The highest BCUT2D eigenvalue weighted by Gasteiger charge is 2.29. The summed E-state index contributed by atoms with van der Waals surface area (Å²) in [6, 6.07) is 1.94. The average molecular weight is 399 g/mol. The van der Waals surface area contributed by atoms with Gasteiger partial charge in [-0.1, -0.05) is 0 Å². The number of nitrogens with zero attached hydrogens (tertiary/aromatic N) is 5. The molecule has 0 spiro atoms. The van der Waals surface area contributed by atoms with E-state index in [4.69, 9.17) is 4.42 Å². The summed E-state index contributed by atoms with van der Waals surface area (Å²) < 4.78 is 7.21. The van der Waals surface area contributed by atoms with Crippen molar-refractivity contribution in [3.8, 4) is 11.5 Å². The van der Waals surface area contributed by atoms with Crippen molar-refractivity contribution in [2.45, 2.75) is 39.2 Å². The second-order valence-corrected chi connectivity index (χ2v) is 7.80. The Morgan fingerprint density at radius 2 is 2.21 bits per heavy atom. The van der Waals surface area contributed by atoms with Crippen LogP contribution in [0.3, 0.4) is 0 Å². The third kappa shape index (κ3) is 3.62. The molecule has 1 atom stereocenters. The zero-order valence-corrected chi connectivity index (χ0v) is 16.6. The van der Waals surface area contributed by atoms with Crippen molar-refractivity contribution in [2.24, 2.45) is 0 Å². The second kappa shape index (κ2) is 7.67. The topological polar surface area (TPSA) is 94.1 Å². The summed E-state index contributed by atoms with van der Waals surface area (Å²) in [6.45, 7) is 4.67. The molecule has 4 rings (SSSR count). The number of piperidine rings is 1. The zero-order valence-electron chi connectivity index (χ0n) is 15.8. The van der Waals surface area contributed by atoms with Gasteiger partial charge in [-0.3, -0.25) is 14.2 Å². The molecule has 1 saturated heterocycles. The number of carbonyl (C=O) groups excluding carboxylic acids is 1. The number of hydrogen-bond acceptors (Lipinski definition) is 7. The van der Waals surface area contributed by atoms with Gasteiger partial charge in [-0.05, 0) is 38.1 Å². The third-order valence-electron chi connectivity index (χ3n) is 5.15. The van der Waals surface area contributed by atoms with Gasteiger partial charge in [0, 0.05) is 35.3 Å². The number of aromatic nitrogens is 4. The molecular formula is C19H21N5O3S. The Morgan fingerprint density at radius 1 is 1.36 bits per heavy atom. The van der Waals surface area contributed by atoms with Gasteiger partial charge in [0.2, 0.25) is 17.7 Å². The van der Waals surface area contributed by atoms with E-state index in [1.54, 1.807) is 30.1 Å². The van der Waals surface area contributed by atoms with Crippen molar-refractivity contribution in [2.75, 3.05) is 13.1 Å². The van der Waals surface area contributed by atoms with Crippen molar-refractivity contribution in [3.05, 3.63) is 50.7 Å². The van der Waals surface area contributed by atoms with Crippen LogP contribution in [0.4, 0.5) is 0 Å². The summed E-state index contributed by atoms with van der Waals surface area (Å²) in [7, 11) is 0. The van der Waals surface area contributed by atoms with E-state index >= 15 is 0 Å². The third-order valence-corrected chi connectivity index (χ3v) is 5.84. The Kier molecular flexibility index (Phi) is 5.08. The smallest absolute Gasteiger partial charge is 0.256 e. The van der Waals surface area contributed by atoms with Gasteiger partial charge in [0.1, 0.15) is 6.54 Å². The fraction of sp³-hybridized carbons (Fsp3) is 0.421. The van der Waals surface area contributed by atoms with Crippen LogP contribution in [0.15, 0.2) is 32.4 Å². The molecule has 0 radical (unpaired) electrons. The molecule has 1 unspecified atom stereocenters. The summed E-state index contributed by atoms with van der Waals surface area (Å²) in [4.78, 5) is 31.0. The maximum Gasteiger partial charge on any atom is 0.256 e. The first-order chi connectivity index (χ1) is 13.5. The monoisotopic (exact) mass is 399 g/mol. The molecule has 1 fully saturated rings. The summed E-state index contributed by atoms with van der Waals surface area (Å²) in [5, 5.41) is 12.3. The predicted molar refractivity (Wildman–Crippen MR) is 104 cm³/mol. The molecule has 3 aromatic heterocycles. The number of thiophene rings is 1. The quantitative estimate of drug-likeness (QED) is 0.669. The van der Waals surface area contributed by atoms with Crippen LogP contribution in [-0.2, 0) is 11.3 Å². The number of carbonyl (C=O) groups is 1. The van der Waals surface area contributed by atoms with Gasteiger partial charge in [-0.15, -0.1) is 10.2 Å². The van der Waals surface area contributed by atoms with Crippen LogP contribution in [0.25, 0.3) is 11.5 Å². The second-order valence-electron chi connectivity index (χ2n) is 7.02. The standard InChI is InChI=1S/C19H21N5O3S/c1-12-13(2)20-11-24(19(12)26)9-16(25)23-6-3-4-14(8-23)17-21-22-18(27-17)15-5-7-28-10-15/h5,7,10-11,14H,3-4,6,8-9H2,1-2H3. The molecule has 8 nitrogen and oxygen atoms in total. The minimum absolute atomic E-state index is 0.00665. The van der Waals surface area contributed by atoms with Crippen LogP contribution in [0.5, 0.6) is 0 Å². The highest BCUT2D eigenvalue weighted by molar-refractivity contribution is 7.08. The van der Waals surface area contributed by atoms with Gasteiger partial charge in [-0.25, -0.2) is 4.98 Å². The molecule has 4 heterocycles. The van der Waals surface area contributed by atoms with Crippen LogP contribution >= 0.6 is 11.3 Å². The lowest BCUT2D eigenvalue weighted by Gasteiger charge is -2.31. The molecule has 1 aliphatic rings. The van der Waals surface area contributed by atoms with E-state index in [-0.39, 0.29) is 23.9 Å². The zero-order chi connectivity index (χ0) is 19.7. The number of hydrogen-bond donors (Lipinski definition) is 0. The van der Waals surface area contributed by atoms with E-state index in [1.807, 2.05) is 16.8 Å². The number of likely N-dealkylation sites (tertiary alicyclic amines) is 1. The Bertz CT molecular complexity index is 1040. The number of aryl methyl sites for hydroxylation is 1. The molecule has 146 valence electrons. The van der Waals surface area contributed by atoms with E-state index in [2.05, 4.69) is 15.2 Å². The first kappa shape index (κ1) is 18.5. The lowest BCUT2D eigenvalue weighted by Crippen LogP contribution is -2.42. The summed E-state index contributed by atoms with van der Waals surface area (Å²) in [5.74, 6) is 0.970. The molecule has 0 aromatic carbocycles. The maximum absolute atomic E-state index is 12.8. The average Bonchev–Trinajstić information content (AvgIpc) is 3.40. The molecule has 3 aromatic rings. The predicted octanol–water partition coefficient (Wildman–Crippen LogP) is 2.38. The van der Waals surface area contributed by atoms with Gasteiger partial charge >= 0.3 is 0 Å². The highest BCUT2D eigenvalue weighted by atomic mass is 32.1. The van der Waals surface area contributed by atoms with Crippen LogP contribution in [0.2, 0.25) is 0 Å². The van der Waals surface area contributed by atoms with Crippen LogP contribution in [0.1, 0.15) is 35.9 Å². The minimum atomic E-state index is -0.174. The van der Waals surface area contributed by atoms with Crippen molar-refractivity contribution in [3.63, 3.8) is 0 Å². The minimum Gasteiger partial charge on any atom is -0.420 e. The van der Waals surface area contributed by atoms with Gasteiger partial charge in [0.25, 0.3) is 5.56 Å². The Labute approximate surface area is 165 Å². The van der Waals surface area contributed by atoms with Crippen molar-refractivity contribution in [1.82, 2.24) is 24.6 Å². The highest BCUT2D eigenvalue weighted by Crippen LogP contribution is 2.29.